The molecule has 2 aromatic carbocycles. The van der Waals surface area contributed by atoms with Crippen LogP contribution in [0.15, 0.2) is 77.7 Å². The number of halogens is 4. The standard InChI is InChI=1S/C26H20F4N6O4/c1-31-24(38)20-14-18(11-12-32-20)40-17-6-3-15(4-7-17)33-25(39)34-16-5-8-21(19(13-16)26(28,29)30)36-23(37)10-9-22(27)35(36)2/h3-14H,1-2H3,(H2-,31,33,34,38,39)/p+1. The second-order valence-corrected chi connectivity index (χ2v) is 8.22. The molecule has 0 unspecified atom stereocenters. The molecule has 10 nitrogen and oxygen atoms in total. The van der Waals surface area contributed by atoms with Crippen LogP contribution >= 0.6 is 0 Å². The van der Waals surface area contributed by atoms with Crippen molar-refractivity contribution in [3.05, 3.63) is 100 Å². The van der Waals surface area contributed by atoms with Gasteiger partial charge in [-0.2, -0.15) is 13.2 Å². The molecule has 0 radical (unpaired) electrons. The van der Waals surface area contributed by atoms with Gasteiger partial charge in [0.15, 0.2) is 7.05 Å². The summed E-state index contributed by atoms with van der Waals surface area (Å²) in [5, 5.41) is 7.24. The number of anilines is 2. The van der Waals surface area contributed by atoms with Crippen molar-refractivity contribution in [2.75, 3.05) is 17.7 Å². The maximum atomic E-state index is 14.0. The Bertz CT molecular complexity index is 1640. The minimum Gasteiger partial charge on any atom is -0.457 e. The number of urea groups is 1. The molecule has 4 rings (SSSR count). The Morgan fingerprint density at radius 1 is 0.925 bits per heavy atom. The van der Waals surface area contributed by atoms with E-state index in [9.17, 15) is 31.9 Å². The maximum Gasteiger partial charge on any atom is 0.418 e. The Morgan fingerprint density at radius 2 is 1.60 bits per heavy atom. The molecule has 0 aliphatic heterocycles. The van der Waals surface area contributed by atoms with Gasteiger partial charge in [-0.25, -0.2) is 4.79 Å². The summed E-state index contributed by atoms with van der Waals surface area (Å²) in [6.45, 7) is 0. The second-order valence-electron chi connectivity index (χ2n) is 8.22. The monoisotopic (exact) mass is 557 g/mol. The molecule has 0 fully saturated rings. The number of hydrogen-bond acceptors (Lipinski definition) is 5. The largest absolute Gasteiger partial charge is 0.457 e. The lowest BCUT2D eigenvalue weighted by atomic mass is 10.1. The summed E-state index contributed by atoms with van der Waals surface area (Å²) in [4.78, 5) is 40.4. The van der Waals surface area contributed by atoms with E-state index in [1.165, 1.54) is 43.6 Å². The SMILES string of the molecule is CNC(=O)c1cc(Oc2ccc(NC(=O)Nc3ccc(-n4c(=O)ccc(F)[n+]4C)c(C(F)(F)F)c3)cc2)ccn1. The molecule has 2 heterocycles. The Kier molecular flexibility index (Phi) is 7.79. The number of nitrogens with zero attached hydrogens (tertiary/aromatic N) is 3. The average Bonchev–Trinajstić information content (AvgIpc) is 2.92. The van der Waals surface area contributed by atoms with Gasteiger partial charge in [-0.3, -0.25) is 14.6 Å². The van der Waals surface area contributed by atoms with Gasteiger partial charge >= 0.3 is 23.7 Å². The van der Waals surface area contributed by atoms with E-state index in [2.05, 4.69) is 20.9 Å². The van der Waals surface area contributed by atoms with E-state index in [1.807, 2.05) is 0 Å². The van der Waals surface area contributed by atoms with Gasteiger partial charge in [0.25, 0.3) is 5.91 Å². The maximum absolute atomic E-state index is 14.0. The molecule has 0 atom stereocenters. The zero-order valence-electron chi connectivity index (χ0n) is 20.9. The first-order valence-electron chi connectivity index (χ1n) is 11.5. The molecular weight excluding hydrogens is 536 g/mol. The van der Waals surface area contributed by atoms with Crippen molar-refractivity contribution in [2.24, 2.45) is 7.05 Å². The third-order valence-corrected chi connectivity index (χ3v) is 5.51. The highest BCUT2D eigenvalue weighted by Gasteiger charge is 2.36. The first kappa shape index (κ1) is 27.8. The number of ether oxygens (including phenoxy) is 1. The lowest BCUT2D eigenvalue weighted by Crippen LogP contribution is -2.51. The fraction of sp³-hybridized carbons (Fsp3) is 0.115. The molecule has 3 N–H and O–H groups in total. The van der Waals surface area contributed by atoms with Crippen molar-refractivity contribution in [3.63, 3.8) is 0 Å². The van der Waals surface area contributed by atoms with E-state index in [4.69, 9.17) is 4.74 Å². The molecule has 206 valence electrons. The van der Waals surface area contributed by atoms with Crippen LogP contribution in [0.4, 0.5) is 33.7 Å². The van der Waals surface area contributed by atoms with E-state index in [0.717, 1.165) is 31.3 Å². The summed E-state index contributed by atoms with van der Waals surface area (Å²) >= 11 is 0. The van der Waals surface area contributed by atoms with Crippen molar-refractivity contribution in [1.82, 2.24) is 15.0 Å². The summed E-state index contributed by atoms with van der Waals surface area (Å²) in [5.41, 5.74) is -2.50. The van der Waals surface area contributed by atoms with E-state index in [-0.39, 0.29) is 17.3 Å². The molecule has 0 saturated carbocycles. The summed E-state index contributed by atoms with van der Waals surface area (Å²) < 4.78 is 62.4. The molecular formula is C26H21F4N6O4+. The van der Waals surface area contributed by atoms with E-state index in [1.54, 1.807) is 6.07 Å². The highest BCUT2D eigenvalue weighted by Crippen LogP contribution is 2.35. The molecule has 0 bridgehead atoms. The van der Waals surface area contributed by atoms with Crippen LogP contribution in [0.2, 0.25) is 0 Å². The summed E-state index contributed by atoms with van der Waals surface area (Å²) in [6, 6.07) is 12.6. The second kappa shape index (κ2) is 11.2. The summed E-state index contributed by atoms with van der Waals surface area (Å²) in [7, 11) is 2.57. The third-order valence-electron chi connectivity index (χ3n) is 5.51. The Hall–Kier alpha value is -5.27. The van der Waals surface area contributed by atoms with Crippen LogP contribution in [-0.2, 0) is 13.2 Å². The molecule has 0 spiro atoms. The number of aromatic nitrogens is 3. The predicted molar refractivity (Wildman–Crippen MR) is 135 cm³/mol. The molecule has 0 aliphatic carbocycles. The number of rotatable bonds is 6. The average molecular weight is 557 g/mol. The van der Waals surface area contributed by atoms with Gasteiger partial charge in [0.2, 0.25) is 0 Å². The Labute approximate surface area is 223 Å². The van der Waals surface area contributed by atoms with Crippen LogP contribution in [0.25, 0.3) is 5.69 Å². The number of carbonyl (C=O) groups excluding carboxylic acids is 2. The lowest BCUT2D eigenvalue weighted by Gasteiger charge is -2.15. The molecule has 4 aromatic rings. The zero-order valence-corrected chi connectivity index (χ0v) is 20.9. The van der Waals surface area contributed by atoms with Gasteiger partial charge in [0.1, 0.15) is 22.9 Å². The number of hydrogen-bond donors (Lipinski definition) is 3. The number of alkyl halides is 3. The highest BCUT2D eigenvalue weighted by molar-refractivity contribution is 6.00. The van der Waals surface area contributed by atoms with Crippen LogP contribution < -0.4 is 30.9 Å². The predicted octanol–water partition coefficient (Wildman–Crippen LogP) is 4.01. The molecule has 2 aromatic heterocycles. The normalized spacial score (nSPS) is 11.1. The van der Waals surface area contributed by atoms with Crippen molar-refractivity contribution >= 4 is 23.3 Å². The van der Waals surface area contributed by atoms with Gasteiger partial charge in [-0.15, -0.1) is 4.39 Å². The fourth-order valence-electron chi connectivity index (χ4n) is 3.63. The minimum atomic E-state index is -4.92. The Morgan fingerprint density at radius 3 is 2.27 bits per heavy atom. The van der Waals surface area contributed by atoms with Gasteiger partial charge in [0.05, 0.1) is 11.6 Å². The Balaban J connectivity index is 1.48. The molecule has 3 amide bonds. The number of carbonyl (C=O) groups is 2. The van der Waals surface area contributed by atoms with Gasteiger partial charge in [-0.05, 0) is 48.5 Å². The quantitative estimate of drug-likeness (QED) is 0.245. The van der Waals surface area contributed by atoms with Crippen LogP contribution in [0.3, 0.4) is 0 Å². The van der Waals surface area contributed by atoms with Gasteiger partial charge < -0.3 is 20.7 Å². The summed E-state index contributed by atoms with van der Waals surface area (Å²) in [6.07, 6.45) is -3.51. The van der Waals surface area contributed by atoms with E-state index in [0.29, 0.717) is 32.6 Å². The van der Waals surface area contributed by atoms with E-state index >= 15 is 0 Å². The fourth-order valence-corrected chi connectivity index (χ4v) is 3.63. The number of benzene rings is 2. The van der Waals surface area contributed by atoms with Crippen LogP contribution in [0.1, 0.15) is 16.1 Å². The molecule has 0 saturated heterocycles. The zero-order chi connectivity index (χ0) is 29.0. The van der Waals surface area contributed by atoms with Crippen LogP contribution in [0.5, 0.6) is 11.5 Å². The van der Waals surface area contributed by atoms with Gasteiger partial charge in [0, 0.05) is 36.8 Å². The van der Waals surface area contributed by atoms with Crippen molar-refractivity contribution < 1.29 is 36.6 Å². The van der Waals surface area contributed by atoms with Crippen molar-refractivity contribution in [2.45, 2.75) is 6.18 Å². The first-order valence-corrected chi connectivity index (χ1v) is 11.5. The number of amides is 3. The number of pyridine rings is 1. The molecule has 0 aliphatic rings. The minimum absolute atomic E-state index is 0.161. The van der Waals surface area contributed by atoms with Crippen molar-refractivity contribution in [3.8, 4) is 17.2 Å². The highest BCUT2D eigenvalue weighted by atomic mass is 19.4. The van der Waals surface area contributed by atoms with Crippen molar-refractivity contribution in [1.29, 1.82) is 0 Å². The van der Waals surface area contributed by atoms with Gasteiger partial charge in [-0.1, -0.05) is 9.36 Å². The van der Waals surface area contributed by atoms with Crippen LogP contribution in [0, 0.1) is 5.95 Å². The topological polar surface area (TPSA) is 118 Å². The first-order chi connectivity index (χ1) is 19.0. The van der Waals surface area contributed by atoms with E-state index < -0.39 is 35.0 Å². The molecule has 40 heavy (non-hydrogen) atoms. The third kappa shape index (κ3) is 6.23. The number of nitrogens with one attached hydrogen (secondary N) is 3. The van der Waals surface area contributed by atoms with Crippen LogP contribution in [-0.4, -0.2) is 28.7 Å². The lowest BCUT2D eigenvalue weighted by molar-refractivity contribution is -0.775. The molecule has 14 heteroatoms. The summed E-state index contributed by atoms with van der Waals surface area (Å²) in [5.74, 6) is -0.582. The smallest absolute Gasteiger partial charge is 0.418 e.